The molecule has 1 atom stereocenters. The second kappa shape index (κ2) is 5.84. The first-order chi connectivity index (χ1) is 7.58. The summed E-state index contributed by atoms with van der Waals surface area (Å²) in [5.41, 5.74) is 8.61. The van der Waals surface area contributed by atoms with Crippen LogP contribution in [0, 0.1) is 13.8 Å². The van der Waals surface area contributed by atoms with Crippen LogP contribution in [0.3, 0.4) is 0 Å². The number of benzene rings is 1. The van der Waals surface area contributed by atoms with Gasteiger partial charge in [0.15, 0.2) is 0 Å². The quantitative estimate of drug-likeness (QED) is 0.682. The van der Waals surface area contributed by atoms with Gasteiger partial charge in [0.25, 0.3) is 0 Å². The Morgan fingerprint density at radius 3 is 2.31 bits per heavy atom. The molecule has 0 heterocycles. The minimum Gasteiger partial charge on any atom is -0.490 e. The van der Waals surface area contributed by atoms with Gasteiger partial charge in [0.2, 0.25) is 0 Å². The molecule has 1 aromatic rings. The van der Waals surface area contributed by atoms with Gasteiger partial charge < -0.3 is 20.7 Å². The Bertz CT molecular complexity index is 329. The van der Waals surface area contributed by atoms with Crippen molar-refractivity contribution in [2.24, 2.45) is 5.73 Å². The summed E-state index contributed by atoms with van der Waals surface area (Å²) in [6.45, 7) is 4.18. The monoisotopic (exact) mass is 225 g/mol. The number of ether oxygens (including phenoxy) is 1. The van der Waals surface area contributed by atoms with E-state index >= 15 is 0 Å². The van der Waals surface area contributed by atoms with E-state index in [4.69, 9.17) is 15.6 Å². The summed E-state index contributed by atoms with van der Waals surface area (Å²) in [7, 11) is 0. The zero-order valence-corrected chi connectivity index (χ0v) is 9.73. The third-order valence-corrected chi connectivity index (χ3v) is 2.39. The molecule has 0 spiro atoms. The third kappa shape index (κ3) is 3.20. The molecule has 0 bridgehead atoms. The van der Waals surface area contributed by atoms with Crippen molar-refractivity contribution in [1.29, 1.82) is 0 Å². The van der Waals surface area contributed by atoms with Gasteiger partial charge in [0.05, 0.1) is 6.61 Å². The van der Waals surface area contributed by atoms with E-state index in [0.717, 1.165) is 22.4 Å². The maximum atomic E-state index is 9.21. The van der Waals surface area contributed by atoms with Crippen LogP contribution >= 0.6 is 0 Å². The van der Waals surface area contributed by atoms with Crippen molar-refractivity contribution < 1.29 is 14.9 Å². The van der Waals surface area contributed by atoms with Crippen molar-refractivity contribution in [3.8, 4) is 5.75 Å². The van der Waals surface area contributed by atoms with Gasteiger partial charge in [0, 0.05) is 6.54 Å². The lowest BCUT2D eigenvalue weighted by Gasteiger charge is -2.15. The average molecular weight is 225 g/mol. The van der Waals surface area contributed by atoms with Gasteiger partial charge in [0.1, 0.15) is 18.5 Å². The summed E-state index contributed by atoms with van der Waals surface area (Å²) in [6, 6.07) is 3.93. The normalized spacial score (nSPS) is 12.6. The summed E-state index contributed by atoms with van der Waals surface area (Å²) < 4.78 is 5.47. The Balaban J connectivity index is 2.80. The smallest absolute Gasteiger partial charge is 0.125 e. The molecule has 4 N–H and O–H groups in total. The maximum absolute atomic E-state index is 9.21. The molecule has 4 nitrogen and oxygen atoms in total. The Hall–Kier alpha value is -1.10. The Kier molecular flexibility index (Phi) is 4.73. The molecule has 0 aliphatic rings. The summed E-state index contributed by atoms with van der Waals surface area (Å²) in [4.78, 5) is 0. The molecule has 0 saturated heterocycles. The highest BCUT2D eigenvalue weighted by Gasteiger charge is 2.08. The SMILES string of the molecule is Cc1cc(CN)cc(C)c1OC[C@@H](O)CO. The van der Waals surface area contributed by atoms with E-state index in [1.165, 1.54) is 0 Å². The number of aryl methyl sites for hydroxylation is 2. The van der Waals surface area contributed by atoms with Crippen LogP contribution in [0.15, 0.2) is 12.1 Å². The number of hydrogen-bond donors (Lipinski definition) is 3. The van der Waals surface area contributed by atoms with Crippen LogP contribution < -0.4 is 10.5 Å². The van der Waals surface area contributed by atoms with Crippen LogP contribution in [0.1, 0.15) is 16.7 Å². The molecule has 0 radical (unpaired) electrons. The lowest BCUT2D eigenvalue weighted by molar-refractivity contribution is 0.0532. The van der Waals surface area contributed by atoms with Gasteiger partial charge in [-0.25, -0.2) is 0 Å². The van der Waals surface area contributed by atoms with Crippen molar-refractivity contribution in [3.05, 3.63) is 28.8 Å². The molecule has 0 amide bonds. The number of aliphatic hydroxyl groups is 2. The van der Waals surface area contributed by atoms with Crippen molar-refractivity contribution in [3.63, 3.8) is 0 Å². The molecular weight excluding hydrogens is 206 g/mol. The standard InChI is InChI=1S/C12H19NO3/c1-8-3-10(5-13)4-9(2)12(8)16-7-11(15)6-14/h3-4,11,14-15H,5-7,13H2,1-2H3/t11-/m0/s1. The van der Waals surface area contributed by atoms with Gasteiger partial charge in [-0.05, 0) is 30.5 Å². The van der Waals surface area contributed by atoms with Gasteiger partial charge in [-0.15, -0.1) is 0 Å². The predicted molar refractivity (Wildman–Crippen MR) is 62.4 cm³/mol. The van der Waals surface area contributed by atoms with Crippen LogP contribution in [-0.2, 0) is 6.54 Å². The molecule has 1 rings (SSSR count). The highest BCUT2D eigenvalue weighted by Crippen LogP contribution is 2.24. The third-order valence-electron chi connectivity index (χ3n) is 2.39. The molecule has 90 valence electrons. The second-order valence-corrected chi connectivity index (χ2v) is 3.91. The van der Waals surface area contributed by atoms with E-state index in [9.17, 15) is 5.11 Å². The van der Waals surface area contributed by atoms with Crippen molar-refractivity contribution >= 4 is 0 Å². The summed E-state index contributed by atoms with van der Waals surface area (Å²) in [5, 5.41) is 17.9. The number of rotatable bonds is 5. The van der Waals surface area contributed by atoms with Gasteiger partial charge in [-0.3, -0.25) is 0 Å². The Morgan fingerprint density at radius 1 is 1.31 bits per heavy atom. The predicted octanol–water partition coefficient (Wildman–Crippen LogP) is 0.494. The first-order valence-electron chi connectivity index (χ1n) is 5.30. The molecule has 0 unspecified atom stereocenters. The summed E-state index contributed by atoms with van der Waals surface area (Å²) >= 11 is 0. The van der Waals surface area contributed by atoms with E-state index in [1.54, 1.807) is 0 Å². The number of aliphatic hydroxyl groups excluding tert-OH is 2. The molecule has 4 heteroatoms. The molecule has 0 aliphatic carbocycles. The second-order valence-electron chi connectivity index (χ2n) is 3.91. The Labute approximate surface area is 95.7 Å². The zero-order valence-electron chi connectivity index (χ0n) is 9.73. The minimum atomic E-state index is -0.840. The first kappa shape index (κ1) is 13.0. The van der Waals surface area contributed by atoms with E-state index < -0.39 is 6.10 Å². The summed E-state index contributed by atoms with van der Waals surface area (Å²) in [5.74, 6) is 0.754. The zero-order chi connectivity index (χ0) is 12.1. The molecule has 0 saturated carbocycles. The molecule has 0 aliphatic heterocycles. The van der Waals surface area contributed by atoms with Crippen LogP contribution in [-0.4, -0.2) is 29.5 Å². The van der Waals surface area contributed by atoms with Crippen molar-refractivity contribution in [1.82, 2.24) is 0 Å². The average Bonchev–Trinajstić information content (AvgIpc) is 2.27. The van der Waals surface area contributed by atoms with Crippen LogP contribution in [0.4, 0.5) is 0 Å². The fourth-order valence-electron chi connectivity index (χ4n) is 1.62. The Morgan fingerprint density at radius 2 is 1.88 bits per heavy atom. The minimum absolute atomic E-state index is 0.0974. The molecule has 0 aromatic heterocycles. The van der Waals surface area contributed by atoms with Gasteiger partial charge in [-0.1, -0.05) is 12.1 Å². The lowest BCUT2D eigenvalue weighted by Crippen LogP contribution is -2.21. The molecule has 1 aromatic carbocycles. The van der Waals surface area contributed by atoms with Crippen molar-refractivity contribution in [2.45, 2.75) is 26.5 Å². The largest absolute Gasteiger partial charge is 0.490 e. The van der Waals surface area contributed by atoms with Crippen molar-refractivity contribution in [2.75, 3.05) is 13.2 Å². The highest BCUT2D eigenvalue weighted by atomic mass is 16.5. The number of hydrogen-bond acceptors (Lipinski definition) is 4. The lowest BCUT2D eigenvalue weighted by atomic mass is 10.1. The van der Waals surface area contributed by atoms with Crippen LogP contribution in [0.2, 0.25) is 0 Å². The summed E-state index contributed by atoms with van der Waals surface area (Å²) in [6.07, 6.45) is -0.840. The van der Waals surface area contributed by atoms with E-state index in [-0.39, 0.29) is 13.2 Å². The van der Waals surface area contributed by atoms with Gasteiger partial charge >= 0.3 is 0 Å². The fourth-order valence-corrected chi connectivity index (χ4v) is 1.62. The van der Waals surface area contributed by atoms with Gasteiger partial charge in [-0.2, -0.15) is 0 Å². The maximum Gasteiger partial charge on any atom is 0.125 e. The van der Waals surface area contributed by atoms with E-state index in [0.29, 0.717) is 6.54 Å². The fraction of sp³-hybridized carbons (Fsp3) is 0.500. The topological polar surface area (TPSA) is 75.7 Å². The van der Waals surface area contributed by atoms with E-state index in [1.807, 2.05) is 26.0 Å². The van der Waals surface area contributed by atoms with Crippen LogP contribution in [0.5, 0.6) is 5.75 Å². The molecule has 0 fully saturated rings. The number of nitrogens with two attached hydrogens (primary N) is 1. The molecular formula is C12H19NO3. The highest BCUT2D eigenvalue weighted by molar-refractivity contribution is 5.43. The molecule has 16 heavy (non-hydrogen) atoms. The first-order valence-corrected chi connectivity index (χ1v) is 5.30. The van der Waals surface area contributed by atoms with E-state index in [2.05, 4.69) is 0 Å². The van der Waals surface area contributed by atoms with Crippen LogP contribution in [0.25, 0.3) is 0 Å².